The molecule has 0 radical (unpaired) electrons. The quantitative estimate of drug-likeness (QED) is 0.711. The lowest BCUT2D eigenvalue weighted by molar-refractivity contribution is 0.667. The molecule has 0 aliphatic heterocycles. The third-order valence-corrected chi connectivity index (χ3v) is 3.61. The van der Waals surface area contributed by atoms with Gasteiger partial charge in [-0.1, -0.05) is 57.0 Å². The van der Waals surface area contributed by atoms with Crippen molar-refractivity contribution in [1.82, 2.24) is 10.2 Å². The number of anilines is 1. The minimum absolute atomic E-state index is 0.935. The van der Waals surface area contributed by atoms with Crippen LogP contribution in [-0.4, -0.2) is 23.3 Å². The van der Waals surface area contributed by atoms with Crippen molar-refractivity contribution in [3.8, 4) is 11.3 Å². The fourth-order valence-corrected chi connectivity index (χ4v) is 2.30. The van der Waals surface area contributed by atoms with Crippen molar-refractivity contribution in [3.63, 3.8) is 0 Å². The van der Waals surface area contributed by atoms with Crippen LogP contribution in [0.1, 0.15) is 39.5 Å². The van der Waals surface area contributed by atoms with Crippen molar-refractivity contribution in [1.29, 1.82) is 0 Å². The van der Waals surface area contributed by atoms with Gasteiger partial charge in [0.2, 0.25) is 0 Å². The Morgan fingerprint density at radius 2 is 1.48 bits per heavy atom. The second-order valence-electron chi connectivity index (χ2n) is 5.34. The van der Waals surface area contributed by atoms with Crippen LogP contribution in [0.2, 0.25) is 0 Å². The SMILES string of the molecule is CCCCN(CCCC)c1ccc(-c2ccccc2)nn1. The minimum atomic E-state index is 0.935. The predicted octanol–water partition coefficient (Wildman–Crippen LogP) is 4.55. The molecular weight excluding hydrogens is 258 g/mol. The first-order valence-electron chi connectivity index (χ1n) is 7.99. The zero-order valence-corrected chi connectivity index (χ0v) is 13.1. The largest absolute Gasteiger partial charge is 0.355 e. The van der Waals surface area contributed by atoms with E-state index in [9.17, 15) is 0 Å². The highest BCUT2D eigenvalue weighted by Gasteiger charge is 2.08. The molecule has 0 unspecified atom stereocenters. The van der Waals surface area contributed by atoms with Gasteiger partial charge < -0.3 is 4.90 Å². The zero-order valence-electron chi connectivity index (χ0n) is 13.1. The van der Waals surface area contributed by atoms with Gasteiger partial charge in [0.1, 0.15) is 0 Å². The molecule has 112 valence electrons. The van der Waals surface area contributed by atoms with Gasteiger partial charge in [0, 0.05) is 18.7 Å². The number of unbranched alkanes of at least 4 members (excludes halogenated alkanes) is 2. The van der Waals surface area contributed by atoms with Crippen LogP contribution in [0.15, 0.2) is 42.5 Å². The highest BCUT2D eigenvalue weighted by Crippen LogP contribution is 2.18. The van der Waals surface area contributed by atoms with E-state index in [1.165, 1.54) is 25.7 Å². The molecule has 1 aromatic carbocycles. The van der Waals surface area contributed by atoms with E-state index in [4.69, 9.17) is 0 Å². The van der Waals surface area contributed by atoms with E-state index >= 15 is 0 Å². The molecule has 0 bridgehead atoms. The van der Waals surface area contributed by atoms with Gasteiger partial charge in [-0.15, -0.1) is 10.2 Å². The highest BCUT2D eigenvalue weighted by atomic mass is 15.3. The van der Waals surface area contributed by atoms with Crippen LogP contribution in [0.25, 0.3) is 11.3 Å². The first kappa shape index (κ1) is 15.5. The Labute approximate surface area is 128 Å². The van der Waals surface area contributed by atoms with Crippen molar-refractivity contribution in [2.24, 2.45) is 0 Å². The van der Waals surface area contributed by atoms with E-state index < -0.39 is 0 Å². The lowest BCUT2D eigenvalue weighted by Gasteiger charge is -2.23. The van der Waals surface area contributed by atoms with Crippen LogP contribution < -0.4 is 4.90 Å². The summed E-state index contributed by atoms with van der Waals surface area (Å²) in [4.78, 5) is 2.36. The molecule has 2 aromatic rings. The Morgan fingerprint density at radius 1 is 0.810 bits per heavy atom. The number of benzene rings is 1. The smallest absolute Gasteiger partial charge is 0.151 e. The third-order valence-electron chi connectivity index (χ3n) is 3.61. The molecule has 3 heteroatoms. The maximum atomic E-state index is 4.44. The summed E-state index contributed by atoms with van der Waals surface area (Å²) in [7, 11) is 0. The zero-order chi connectivity index (χ0) is 14.9. The lowest BCUT2D eigenvalue weighted by Crippen LogP contribution is -2.26. The Morgan fingerprint density at radius 3 is 2.00 bits per heavy atom. The third kappa shape index (κ3) is 4.55. The fourth-order valence-electron chi connectivity index (χ4n) is 2.30. The second kappa shape index (κ2) is 8.40. The summed E-state index contributed by atoms with van der Waals surface area (Å²) in [5.74, 6) is 0.997. The van der Waals surface area contributed by atoms with E-state index in [2.05, 4.69) is 53.2 Å². The van der Waals surface area contributed by atoms with Crippen LogP contribution in [0.3, 0.4) is 0 Å². The maximum Gasteiger partial charge on any atom is 0.151 e. The molecule has 0 spiro atoms. The van der Waals surface area contributed by atoms with Gasteiger partial charge in [0.25, 0.3) is 0 Å². The average Bonchev–Trinajstić information content (AvgIpc) is 2.56. The van der Waals surface area contributed by atoms with Gasteiger partial charge >= 0.3 is 0 Å². The lowest BCUT2D eigenvalue weighted by atomic mass is 10.1. The van der Waals surface area contributed by atoms with E-state index in [-0.39, 0.29) is 0 Å². The minimum Gasteiger partial charge on any atom is -0.355 e. The van der Waals surface area contributed by atoms with Crippen molar-refractivity contribution in [2.75, 3.05) is 18.0 Å². The molecule has 0 N–H and O–H groups in total. The van der Waals surface area contributed by atoms with Gasteiger partial charge in [-0.05, 0) is 25.0 Å². The number of hydrogen-bond acceptors (Lipinski definition) is 3. The normalized spacial score (nSPS) is 10.6. The van der Waals surface area contributed by atoms with Crippen molar-refractivity contribution in [3.05, 3.63) is 42.5 Å². The van der Waals surface area contributed by atoms with Crippen molar-refractivity contribution < 1.29 is 0 Å². The molecule has 1 heterocycles. The number of rotatable bonds is 8. The average molecular weight is 283 g/mol. The van der Waals surface area contributed by atoms with E-state index in [1.54, 1.807) is 0 Å². The van der Waals surface area contributed by atoms with Gasteiger partial charge in [-0.25, -0.2) is 0 Å². The molecule has 0 saturated heterocycles. The summed E-state index contributed by atoms with van der Waals surface area (Å²) in [6, 6.07) is 14.4. The van der Waals surface area contributed by atoms with E-state index in [0.29, 0.717) is 0 Å². The van der Waals surface area contributed by atoms with Crippen LogP contribution in [-0.2, 0) is 0 Å². The Balaban J connectivity index is 2.11. The molecule has 2 rings (SSSR count). The number of aromatic nitrogens is 2. The summed E-state index contributed by atoms with van der Waals surface area (Å²) >= 11 is 0. The van der Waals surface area contributed by atoms with Crippen LogP contribution in [0, 0.1) is 0 Å². The molecular formula is C18H25N3. The standard InChI is InChI=1S/C18H25N3/c1-3-5-14-21(15-6-4-2)18-13-12-17(19-20-18)16-10-8-7-9-11-16/h7-13H,3-6,14-15H2,1-2H3. The Hall–Kier alpha value is -1.90. The molecule has 3 nitrogen and oxygen atoms in total. The van der Waals surface area contributed by atoms with E-state index in [1.807, 2.05) is 18.2 Å². The molecule has 0 fully saturated rings. The number of hydrogen-bond donors (Lipinski definition) is 0. The molecule has 0 aliphatic carbocycles. The monoisotopic (exact) mass is 283 g/mol. The summed E-state index contributed by atoms with van der Waals surface area (Å²) in [6.45, 7) is 6.58. The van der Waals surface area contributed by atoms with Crippen molar-refractivity contribution >= 4 is 5.82 Å². The highest BCUT2D eigenvalue weighted by molar-refractivity contribution is 5.59. The van der Waals surface area contributed by atoms with Gasteiger partial charge in [0.05, 0.1) is 5.69 Å². The maximum absolute atomic E-state index is 4.44. The van der Waals surface area contributed by atoms with Crippen LogP contribution >= 0.6 is 0 Å². The summed E-state index contributed by atoms with van der Waals surface area (Å²) in [5, 5.41) is 8.83. The van der Waals surface area contributed by atoms with Gasteiger partial charge in [0.15, 0.2) is 5.82 Å². The Bertz CT molecular complexity index is 500. The second-order valence-corrected chi connectivity index (χ2v) is 5.34. The Kier molecular flexibility index (Phi) is 6.20. The topological polar surface area (TPSA) is 29.0 Å². The molecule has 1 aromatic heterocycles. The van der Waals surface area contributed by atoms with E-state index in [0.717, 1.165) is 30.2 Å². The van der Waals surface area contributed by atoms with Gasteiger partial charge in [-0.2, -0.15) is 0 Å². The van der Waals surface area contributed by atoms with Crippen LogP contribution in [0.4, 0.5) is 5.82 Å². The molecule has 0 amide bonds. The first-order valence-corrected chi connectivity index (χ1v) is 7.99. The van der Waals surface area contributed by atoms with Gasteiger partial charge in [-0.3, -0.25) is 0 Å². The fraction of sp³-hybridized carbons (Fsp3) is 0.444. The molecule has 0 aliphatic rings. The summed E-state index contributed by atoms with van der Waals surface area (Å²) < 4.78 is 0. The van der Waals surface area contributed by atoms with Crippen LogP contribution in [0.5, 0.6) is 0 Å². The predicted molar refractivity (Wildman–Crippen MR) is 89.5 cm³/mol. The molecule has 0 atom stereocenters. The summed E-state index contributed by atoms with van der Waals surface area (Å²) in [6.07, 6.45) is 4.81. The number of nitrogens with zero attached hydrogens (tertiary/aromatic N) is 3. The van der Waals surface area contributed by atoms with Crippen molar-refractivity contribution in [2.45, 2.75) is 39.5 Å². The molecule has 21 heavy (non-hydrogen) atoms. The molecule has 0 saturated carbocycles. The summed E-state index contributed by atoms with van der Waals surface area (Å²) in [5.41, 5.74) is 2.05. The first-order chi connectivity index (χ1) is 10.3.